The smallest absolute Gasteiger partial charge is 0.339 e. The maximum absolute atomic E-state index is 11.5. The summed E-state index contributed by atoms with van der Waals surface area (Å²) in [4.78, 5) is 11.5. The molecule has 1 heterocycles. The van der Waals surface area contributed by atoms with Gasteiger partial charge in [0.05, 0.1) is 11.6 Å². The molecule has 0 bridgehead atoms. The molecule has 5 nitrogen and oxygen atoms in total. The van der Waals surface area contributed by atoms with Gasteiger partial charge in [0.25, 0.3) is 0 Å². The third-order valence-electron chi connectivity index (χ3n) is 2.48. The van der Waals surface area contributed by atoms with Crippen molar-refractivity contribution in [2.45, 2.75) is 13.0 Å². The first-order chi connectivity index (χ1) is 8.65. The number of ether oxygens (including phenoxy) is 3. The molecule has 1 atom stereocenters. The second kappa shape index (κ2) is 5.46. The molecule has 1 aromatic carbocycles. The van der Waals surface area contributed by atoms with Crippen molar-refractivity contribution in [3.05, 3.63) is 22.7 Å². The minimum Gasteiger partial charge on any atom is -0.486 e. The largest absolute Gasteiger partial charge is 0.486 e. The quantitative estimate of drug-likeness (QED) is 0.849. The summed E-state index contributed by atoms with van der Waals surface area (Å²) in [6.07, 6.45) is -1.40. The Bertz CT molecular complexity index is 460. The lowest BCUT2D eigenvalue weighted by atomic mass is 10.1. The van der Waals surface area contributed by atoms with Gasteiger partial charge >= 0.3 is 5.97 Å². The van der Waals surface area contributed by atoms with E-state index in [0.29, 0.717) is 35.3 Å². The molecule has 1 unspecified atom stereocenters. The fraction of sp³-hybridized carbons (Fsp3) is 0.417. The molecule has 18 heavy (non-hydrogen) atoms. The number of fused-ring (bicyclic) bond motifs is 1. The van der Waals surface area contributed by atoms with Gasteiger partial charge in [0.1, 0.15) is 13.2 Å². The standard InChI is InChI=1S/C12H13ClO5/c1-2-16-12(15)9(14)7-3-4-8(13)11-10(7)17-5-6-18-11/h3-4,9,14H,2,5-6H2,1H3. The lowest BCUT2D eigenvalue weighted by Gasteiger charge is -2.23. The maximum Gasteiger partial charge on any atom is 0.339 e. The number of esters is 1. The molecule has 0 aromatic heterocycles. The summed E-state index contributed by atoms with van der Waals surface area (Å²) in [6, 6.07) is 3.07. The van der Waals surface area contributed by atoms with E-state index in [1.165, 1.54) is 6.07 Å². The molecule has 98 valence electrons. The van der Waals surface area contributed by atoms with Crippen LogP contribution in [0.4, 0.5) is 0 Å². The van der Waals surface area contributed by atoms with Crippen molar-refractivity contribution in [3.63, 3.8) is 0 Å². The fourth-order valence-corrected chi connectivity index (χ4v) is 1.89. The molecule has 1 aliphatic heterocycles. The lowest BCUT2D eigenvalue weighted by Crippen LogP contribution is -2.21. The highest BCUT2D eigenvalue weighted by molar-refractivity contribution is 6.32. The van der Waals surface area contributed by atoms with E-state index < -0.39 is 12.1 Å². The van der Waals surface area contributed by atoms with Crippen molar-refractivity contribution in [3.8, 4) is 11.5 Å². The molecular weight excluding hydrogens is 260 g/mol. The average molecular weight is 273 g/mol. The van der Waals surface area contributed by atoms with Gasteiger partial charge in [-0.25, -0.2) is 4.79 Å². The number of benzene rings is 1. The van der Waals surface area contributed by atoms with Gasteiger partial charge in [-0.1, -0.05) is 17.7 Å². The van der Waals surface area contributed by atoms with Gasteiger partial charge in [-0.2, -0.15) is 0 Å². The summed E-state index contributed by atoms with van der Waals surface area (Å²) in [5.41, 5.74) is 0.299. The first kappa shape index (κ1) is 13.0. The number of aliphatic hydroxyl groups excluding tert-OH is 1. The van der Waals surface area contributed by atoms with E-state index in [1.54, 1.807) is 13.0 Å². The molecule has 1 aromatic rings. The van der Waals surface area contributed by atoms with Crippen molar-refractivity contribution in [2.24, 2.45) is 0 Å². The summed E-state index contributed by atoms with van der Waals surface area (Å²) >= 11 is 5.96. The topological polar surface area (TPSA) is 65.0 Å². The zero-order valence-electron chi connectivity index (χ0n) is 9.81. The van der Waals surface area contributed by atoms with E-state index in [1.807, 2.05) is 0 Å². The Morgan fingerprint density at radius 2 is 2.11 bits per heavy atom. The third kappa shape index (κ3) is 2.37. The number of hydrogen-bond acceptors (Lipinski definition) is 5. The Balaban J connectivity index is 2.36. The van der Waals surface area contributed by atoms with Gasteiger partial charge in [-0.05, 0) is 13.0 Å². The van der Waals surface area contributed by atoms with Crippen LogP contribution in [0.25, 0.3) is 0 Å². The van der Waals surface area contributed by atoms with Crippen LogP contribution in [0.3, 0.4) is 0 Å². The summed E-state index contributed by atoms with van der Waals surface area (Å²) in [6.45, 7) is 2.59. The average Bonchev–Trinajstić information content (AvgIpc) is 2.39. The van der Waals surface area contributed by atoms with Crippen molar-refractivity contribution < 1.29 is 24.1 Å². The predicted molar refractivity (Wildman–Crippen MR) is 64.0 cm³/mol. The molecule has 2 rings (SSSR count). The molecule has 0 saturated carbocycles. The van der Waals surface area contributed by atoms with Crippen molar-refractivity contribution >= 4 is 17.6 Å². The molecule has 1 aliphatic rings. The molecule has 0 fully saturated rings. The molecular formula is C12H13ClO5. The van der Waals surface area contributed by atoms with E-state index in [2.05, 4.69) is 0 Å². The van der Waals surface area contributed by atoms with E-state index in [-0.39, 0.29) is 6.61 Å². The predicted octanol–water partition coefficient (Wildman–Crippen LogP) is 1.71. The zero-order chi connectivity index (χ0) is 13.1. The Kier molecular flexibility index (Phi) is 3.93. The minimum absolute atomic E-state index is 0.197. The van der Waals surface area contributed by atoms with Crippen LogP contribution in [0.1, 0.15) is 18.6 Å². The molecule has 0 amide bonds. The van der Waals surface area contributed by atoms with Crippen LogP contribution < -0.4 is 9.47 Å². The highest BCUT2D eigenvalue weighted by atomic mass is 35.5. The van der Waals surface area contributed by atoms with E-state index in [9.17, 15) is 9.90 Å². The monoisotopic (exact) mass is 272 g/mol. The van der Waals surface area contributed by atoms with Gasteiger partial charge in [-0.15, -0.1) is 0 Å². The molecule has 6 heteroatoms. The van der Waals surface area contributed by atoms with E-state index in [0.717, 1.165) is 0 Å². The second-order valence-corrected chi connectivity index (χ2v) is 4.05. The van der Waals surface area contributed by atoms with Gasteiger partial charge in [0, 0.05) is 5.56 Å². The Morgan fingerprint density at radius 3 is 2.78 bits per heavy atom. The van der Waals surface area contributed by atoms with Crippen molar-refractivity contribution in [1.82, 2.24) is 0 Å². The first-order valence-electron chi connectivity index (χ1n) is 5.57. The summed E-state index contributed by atoms with van der Waals surface area (Å²) in [5.74, 6) is -0.0748. The Labute approximate surface area is 109 Å². The minimum atomic E-state index is -1.40. The van der Waals surface area contributed by atoms with Gasteiger partial charge in [0.2, 0.25) is 0 Å². The summed E-state index contributed by atoms with van der Waals surface area (Å²) < 4.78 is 15.5. The molecule has 0 aliphatic carbocycles. The Morgan fingerprint density at radius 1 is 1.44 bits per heavy atom. The summed E-state index contributed by atoms with van der Waals surface area (Å²) in [7, 11) is 0. The lowest BCUT2D eigenvalue weighted by molar-refractivity contribution is -0.153. The van der Waals surface area contributed by atoms with Gasteiger partial charge in [0.15, 0.2) is 17.6 Å². The summed E-state index contributed by atoms with van der Waals surface area (Å²) in [5, 5.41) is 10.3. The first-order valence-corrected chi connectivity index (χ1v) is 5.95. The highest BCUT2D eigenvalue weighted by Gasteiger charge is 2.28. The van der Waals surface area contributed by atoms with Crippen LogP contribution in [-0.2, 0) is 9.53 Å². The number of carbonyl (C=O) groups excluding carboxylic acids is 1. The van der Waals surface area contributed by atoms with Crippen LogP contribution in [0, 0.1) is 0 Å². The second-order valence-electron chi connectivity index (χ2n) is 3.65. The van der Waals surface area contributed by atoms with Gasteiger partial charge < -0.3 is 19.3 Å². The molecule has 0 spiro atoms. The number of aliphatic hydroxyl groups is 1. The molecule has 0 radical (unpaired) electrons. The van der Waals surface area contributed by atoms with E-state index >= 15 is 0 Å². The van der Waals surface area contributed by atoms with Crippen LogP contribution in [0.15, 0.2) is 12.1 Å². The highest BCUT2D eigenvalue weighted by Crippen LogP contribution is 2.42. The number of hydrogen-bond donors (Lipinski definition) is 1. The van der Waals surface area contributed by atoms with Crippen molar-refractivity contribution in [2.75, 3.05) is 19.8 Å². The number of rotatable bonds is 3. The van der Waals surface area contributed by atoms with Crippen LogP contribution in [0.2, 0.25) is 5.02 Å². The number of carbonyl (C=O) groups is 1. The third-order valence-corrected chi connectivity index (χ3v) is 2.77. The molecule has 1 N–H and O–H groups in total. The fourth-order valence-electron chi connectivity index (χ4n) is 1.69. The molecule has 0 saturated heterocycles. The van der Waals surface area contributed by atoms with E-state index in [4.69, 9.17) is 25.8 Å². The van der Waals surface area contributed by atoms with Crippen LogP contribution in [0.5, 0.6) is 11.5 Å². The Hall–Kier alpha value is -1.46. The van der Waals surface area contributed by atoms with Gasteiger partial charge in [-0.3, -0.25) is 0 Å². The SMILES string of the molecule is CCOC(=O)C(O)c1ccc(Cl)c2c1OCCO2. The van der Waals surface area contributed by atoms with Crippen LogP contribution in [-0.4, -0.2) is 30.9 Å². The van der Waals surface area contributed by atoms with Crippen LogP contribution >= 0.6 is 11.6 Å². The normalized spacial score (nSPS) is 15.1. The maximum atomic E-state index is 11.5. The zero-order valence-corrected chi connectivity index (χ0v) is 10.6. The van der Waals surface area contributed by atoms with Crippen molar-refractivity contribution in [1.29, 1.82) is 0 Å². The number of halogens is 1.